The van der Waals surface area contributed by atoms with Gasteiger partial charge in [-0.2, -0.15) is 0 Å². The summed E-state index contributed by atoms with van der Waals surface area (Å²) in [6.07, 6.45) is 1.36. The van der Waals surface area contributed by atoms with Crippen LogP contribution in [0.25, 0.3) is 0 Å². The molecule has 0 fully saturated rings. The minimum absolute atomic E-state index is 0.475. The van der Waals surface area contributed by atoms with E-state index >= 15 is 0 Å². The predicted octanol–water partition coefficient (Wildman–Crippen LogP) is 4.43. The van der Waals surface area contributed by atoms with Gasteiger partial charge in [-0.25, -0.2) is 4.79 Å². The van der Waals surface area contributed by atoms with E-state index in [0.29, 0.717) is 23.9 Å². The van der Waals surface area contributed by atoms with Crippen LogP contribution in [0.3, 0.4) is 0 Å². The normalized spacial score (nSPS) is 11.0. The van der Waals surface area contributed by atoms with E-state index in [-0.39, 0.29) is 0 Å². The van der Waals surface area contributed by atoms with Crippen LogP contribution in [-0.2, 0) is 4.74 Å². The lowest BCUT2D eigenvalue weighted by Gasteiger charge is -2.19. The van der Waals surface area contributed by atoms with Crippen molar-refractivity contribution in [3.63, 3.8) is 0 Å². The van der Waals surface area contributed by atoms with Crippen LogP contribution in [0.15, 0.2) is 24.3 Å². The lowest BCUT2D eigenvalue weighted by molar-refractivity contribution is 0.0636. The van der Waals surface area contributed by atoms with Gasteiger partial charge in [0.1, 0.15) is 11.4 Å². The van der Waals surface area contributed by atoms with Gasteiger partial charge >= 0.3 is 6.09 Å². The van der Waals surface area contributed by atoms with Crippen LogP contribution < -0.4 is 10.1 Å². The Morgan fingerprint density at radius 1 is 1.30 bits per heavy atom. The summed E-state index contributed by atoms with van der Waals surface area (Å²) in [5.74, 6) is 1.36. The molecule has 0 saturated carbocycles. The Balaban J connectivity index is 2.49. The number of unbranched alkanes of at least 4 members (excludes halogenated alkanes) is 1. The van der Waals surface area contributed by atoms with Gasteiger partial charge in [-0.1, -0.05) is 6.07 Å². The molecule has 0 aliphatic rings. The van der Waals surface area contributed by atoms with E-state index in [1.54, 1.807) is 12.1 Å². The smallest absolute Gasteiger partial charge is 0.412 e. The Morgan fingerprint density at radius 2 is 2.05 bits per heavy atom. The van der Waals surface area contributed by atoms with Crippen molar-refractivity contribution in [2.24, 2.45) is 0 Å². The SMILES string of the molecule is CC(C)(C)OC(=O)Nc1cccc(OCCCCCl)c1. The number of benzene rings is 1. The molecule has 1 aromatic carbocycles. The van der Waals surface area contributed by atoms with Crippen molar-refractivity contribution in [2.75, 3.05) is 17.8 Å². The molecule has 4 nitrogen and oxygen atoms in total. The van der Waals surface area contributed by atoms with Crippen LogP contribution in [0.5, 0.6) is 5.75 Å². The maximum absolute atomic E-state index is 11.6. The topological polar surface area (TPSA) is 47.6 Å². The zero-order valence-corrected chi connectivity index (χ0v) is 13.0. The third-order valence-corrected chi connectivity index (χ3v) is 2.54. The molecule has 0 atom stereocenters. The number of carbonyl (C=O) groups excluding carboxylic acids is 1. The monoisotopic (exact) mass is 299 g/mol. The molecule has 5 heteroatoms. The van der Waals surface area contributed by atoms with Crippen molar-refractivity contribution in [1.29, 1.82) is 0 Å². The Morgan fingerprint density at radius 3 is 2.70 bits per heavy atom. The molecule has 0 bridgehead atoms. The van der Waals surface area contributed by atoms with Gasteiger partial charge in [0.2, 0.25) is 0 Å². The van der Waals surface area contributed by atoms with Crippen LogP contribution in [0.2, 0.25) is 0 Å². The number of amides is 1. The van der Waals surface area contributed by atoms with Gasteiger partial charge in [0.15, 0.2) is 0 Å². The number of nitrogens with one attached hydrogen (secondary N) is 1. The highest BCUT2D eigenvalue weighted by atomic mass is 35.5. The highest BCUT2D eigenvalue weighted by Gasteiger charge is 2.16. The lowest BCUT2D eigenvalue weighted by Crippen LogP contribution is -2.27. The summed E-state index contributed by atoms with van der Waals surface area (Å²) in [5, 5.41) is 2.68. The van der Waals surface area contributed by atoms with Crippen molar-refractivity contribution in [3.8, 4) is 5.75 Å². The van der Waals surface area contributed by atoms with Gasteiger partial charge in [0.05, 0.1) is 6.61 Å². The molecular weight excluding hydrogens is 278 g/mol. The first-order valence-electron chi connectivity index (χ1n) is 6.69. The maximum atomic E-state index is 11.6. The minimum atomic E-state index is -0.514. The van der Waals surface area contributed by atoms with E-state index in [9.17, 15) is 4.79 Å². The van der Waals surface area contributed by atoms with Gasteiger partial charge < -0.3 is 9.47 Å². The second kappa shape index (κ2) is 8.00. The Labute approximate surface area is 125 Å². The Bertz CT molecular complexity index is 429. The highest BCUT2D eigenvalue weighted by Crippen LogP contribution is 2.18. The molecule has 112 valence electrons. The van der Waals surface area contributed by atoms with Crippen molar-refractivity contribution < 1.29 is 14.3 Å². The first-order chi connectivity index (χ1) is 9.40. The van der Waals surface area contributed by atoms with Gasteiger partial charge in [-0.3, -0.25) is 5.32 Å². The number of anilines is 1. The third-order valence-electron chi connectivity index (χ3n) is 2.28. The summed E-state index contributed by atoms with van der Waals surface area (Å²) in [7, 11) is 0. The fourth-order valence-electron chi connectivity index (χ4n) is 1.47. The largest absolute Gasteiger partial charge is 0.494 e. The molecule has 0 spiro atoms. The second-order valence-electron chi connectivity index (χ2n) is 5.40. The molecule has 0 aliphatic heterocycles. The van der Waals surface area contributed by atoms with E-state index in [0.717, 1.165) is 12.8 Å². The van der Waals surface area contributed by atoms with E-state index in [1.807, 2.05) is 32.9 Å². The summed E-state index contributed by atoms with van der Waals surface area (Å²) in [6, 6.07) is 7.23. The average molecular weight is 300 g/mol. The van der Waals surface area contributed by atoms with Crippen LogP contribution in [0.1, 0.15) is 33.6 Å². The van der Waals surface area contributed by atoms with E-state index in [2.05, 4.69) is 5.32 Å². The van der Waals surface area contributed by atoms with Crippen molar-refractivity contribution in [1.82, 2.24) is 0 Å². The van der Waals surface area contributed by atoms with E-state index in [4.69, 9.17) is 21.1 Å². The van der Waals surface area contributed by atoms with Crippen LogP contribution in [-0.4, -0.2) is 24.2 Å². The van der Waals surface area contributed by atoms with E-state index < -0.39 is 11.7 Å². The molecule has 1 aromatic rings. The molecule has 0 heterocycles. The number of carbonyl (C=O) groups is 1. The number of ether oxygens (including phenoxy) is 2. The van der Waals surface area contributed by atoms with Crippen LogP contribution >= 0.6 is 11.6 Å². The number of hydrogen-bond donors (Lipinski definition) is 1. The standard InChI is InChI=1S/C15H22ClNO3/c1-15(2,3)20-14(18)17-12-7-6-8-13(11-12)19-10-5-4-9-16/h6-8,11H,4-5,9-10H2,1-3H3,(H,17,18). The second-order valence-corrected chi connectivity index (χ2v) is 5.78. The molecule has 1 N–H and O–H groups in total. The summed E-state index contributed by atoms with van der Waals surface area (Å²) >= 11 is 5.60. The minimum Gasteiger partial charge on any atom is -0.494 e. The molecule has 0 aliphatic carbocycles. The number of hydrogen-bond acceptors (Lipinski definition) is 3. The Hall–Kier alpha value is -1.42. The molecule has 0 aromatic heterocycles. The van der Waals surface area contributed by atoms with Gasteiger partial charge in [-0.05, 0) is 45.7 Å². The molecule has 20 heavy (non-hydrogen) atoms. The van der Waals surface area contributed by atoms with E-state index in [1.165, 1.54) is 0 Å². The molecule has 1 amide bonds. The zero-order valence-electron chi connectivity index (χ0n) is 12.2. The molecule has 0 radical (unpaired) electrons. The average Bonchev–Trinajstić information content (AvgIpc) is 2.32. The number of alkyl halides is 1. The van der Waals surface area contributed by atoms with Crippen molar-refractivity contribution in [2.45, 2.75) is 39.2 Å². The number of rotatable bonds is 6. The quantitative estimate of drug-likeness (QED) is 0.624. The summed E-state index contributed by atoms with van der Waals surface area (Å²) < 4.78 is 10.8. The summed E-state index contributed by atoms with van der Waals surface area (Å²) in [6.45, 7) is 6.08. The highest BCUT2D eigenvalue weighted by molar-refractivity contribution is 6.17. The maximum Gasteiger partial charge on any atom is 0.412 e. The van der Waals surface area contributed by atoms with Gasteiger partial charge in [0.25, 0.3) is 0 Å². The molecule has 0 unspecified atom stereocenters. The van der Waals surface area contributed by atoms with Crippen LogP contribution in [0.4, 0.5) is 10.5 Å². The first-order valence-corrected chi connectivity index (χ1v) is 7.23. The molecule has 1 rings (SSSR count). The lowest BCUT2D eigenvalue weighted by atomic mass is 10.2. The van der Waals surface area contributed by atoms with Crippen molar-refractivity contribution in [3.05, 3.63) is 24.3 Å². The fourth-order valence-corrected chi connectivity index (χ4v) is 1.66. The molecular formula is C15H22ClNO3. The third kappa shape index (κ3) is 7.24. The zero-order chi connectivity index (χ0) is 15.0. The predicted molar refractivity (Wildman–Crippen MR) is 81.7 cm³/mol. The number of halogens is 1. The summed E-state index contributed by atoms with van der Waals surface area (Å²) in [4.78, 5) is 11.6. The van der Waals surface area contributed by atoms with Gasteiger partial charge in [0, 0.05) is 17.6 Å². The van der Waals surface area contributed by atoms with Crippen LogP contribution in [0, 0.1) is 0 Å². The van der Waals surface area contributed by atoms with Gasteiger partial charge in [-0.15, -0.1) is 11.6 Å². The van der Waals surface area contributed by atoms with Crippen molar-refractivity contribution >= 4 is 23.4 Å². The Kier molecular flexibility index (Phi) is 6.65. The summed E-state index contributed by atoms with van der Waals surface area (Å²) in [5.41, 5.74) is 0.133. The molecule has 0 saturated heterocycles. The fraction of sp³-hybridized carbons (Fsp3) is 0.533. The first kappa shape index (κ1) is 16.6.